The summed E-state index contributed by atoms with van der Waals surface area (Å²) in [5, 5.41) is 0. The maximum atomic E-state index is 12.2. The minimum Gasteiger partial charge on any atom is -0.497 e. The average Bonchev–Trinajstić information content (AvgIpc) is 2.70. The van der Waals surface area contributed by atoms with E-state index in [0.717, 1.165) is 19.3 Å². The topological polar surface area (TPSA) is 27.7 Å². The summed E-state index contributed by atoms with van der Waals surface area (Å²) in [7, 11) is 1.36. The first-order chi connectivity index (χ1) is 8.69. The van der Waals surface area contributed by atoms with E-state index in [-0.39, 0.29) is 21.6 Å². The molecule has 0 atom stereocenters. The van der Waals surface area contributed by atoms with Gasteiger partial charge in [0.15, 0.2) is 5.79 Å². The number of ether oxygens (including phenoxy) is 3. The van der Waals surface area contributed by atoms with Crippen LogP contribution in [0, 0.1) is 0 Å². The molecule has 1 saturated heterocycles. The van der Waals surface area contributed by atoms with Crippen LogP contribution in [0.3, 0.4) is 0 Å². The van der Waals surface area contributed by atoms with Crippen LogP contribution >= 0.6 is 15.9 Å². The smallest absolute Gasteiger partial charge is 0.265 e. The predicted octanol–water partition coefficient (Wildman–Crippen LogP) is 4.02. The third-order valence-electron chi connectivity index (χ3n) is 2.11. The van der Waals surface area contributed by atoms with E-state index in [4.69, 9.17) is 9.47 Å². The number of alkyl halides is 2. The average molecular weight is 341 g/mol. The predicted molar refractivity (Wildman–Crippen MR) is 74.3 cm³/mol. The molecule has 0 aromatic carbocycles. The summed E-state index contributed by atoms with van der Waals surface area (Å²) >= 11 is 2.86. The van der Waals surface area contributed by atoms with Crippen LogP contribution in [0.15, 0.2) is 35.0 Å². The van der Waals surface area contributed by atoms with Crippen molar-refractivity contribution in [2.45, 2.75) is 26.1 Å². The number of allylic oxidation sites excluding steroid dienone is 3. The standard InChI is InChI=1S/C8H9BrF2O.C5H10O2/c1-5(12-3)4-7(6(2)9)8(10)11;1-5(2)6-3-4-7-5/h4,8H,1-2H2,3H3;3-4H2,1-2H3/b7-4+;. The van der Waals surface area contributed by atoms with Crippen molar-refractivity contribution < 1.29 is 23.0 Å². The minimum absolute atomic E-state index is 0.135. The highest BCUT2D eigenvalue weighted by atomic mass is 79.9. The first-order valence-electron chi connectivity index (χ1n) is 5.55. The number of hydrogen-bond donors (Lipinski definition) is 0. The molecule has 0 aliphatic carbocycles. The monoisotopic (exact) mass is 340 g/mol. The lowest BCUT2D eigenvalue weighted by Crippen LogP contribution is -2.18. The lowest BCUT2D eigenvalue weighted by Gasteiger charge is -2.13. The highest BCUT2D eigenvalue weighted by molar-refractivity contribution is 9.11. The summed E-state index contributed by atoms with van der Waals surface area (Å²) in [5.74, 6) is -0.133. The molecule has 1 aliphatic rings. The molecule has 110 valence electrons. The van der Waals surface area contributed by atoms with Gasteiger partial charge in [0.1, 0.15) is 5.76 Å². The van der Waals surface area contributed by atoms with Crippen molar-refractivity contribution in [3.8, 4) is 0 Å². The summed E-state index contributed by atoms with van der Waals surface area (Å²) < 4.78 is 39.4. The molecule has 0 saturated carbocycles. The molecule has 0 radical (unpaired) electrons. The molecule has 0 unspecified atom stereocenters. The number of rotatable bonds is 4. The first kappa shape index (κ1) is 18.3. The van der Waals surface area contributed by atoms with Crippen molar-refractivity contribution in [3.63, 3.8) is 0 Å². The Labute approximate surface area is 121 Å². The van der Waals surface area contributed by atoms with Crippen LogP contribution < -0.4 is 0 Å². The number of halogens is 3. The van der Waals surface area contributed by atoms with Gasteiger partial charge in [0.2, 0.25) is 0 Å². The Balaban J connectivity index is 0.000000388. The Bertz CT molecular complexity index is 344. The lowest BCUT2D eigenvalue weighted by atomic mass is 10.2. The summed E-state index contributed by atoms with van der Waals surface area (Å²) in [6.45, 7) is 12.0. The molecule has 1 fully saturated rings. The van der Waals surface area contributed by atoms with E-state index in [0.29, 0.717) is 0 Å². The summed E-state index contributed by atoms with van der Waals surface area (Å²) in [4.78, 5) is 0. The van der Waals surface area contributed by atoms with Crippen molar-refractivity contribution in [1.82, 2.24) is 0 Å². The fraction of sp³-hybridized carbons (Fsp3) is 0.538. The van der Waals surface area contributed by atoms with Crippen molar-refractivity contribution in [1.29, 1.82) is 0 Å². The number of hydrogen-bond acceptors (Lipinski definition) is 3. The summed E-state index contributed by atoms with van der Waals surface area (Å²) in [6.07, 6.45) is -1.44. The van der Waals surface area contributed by atoms with Gasteiger partial charge in [0.25, 0.3) is 6.43 Å². The van der Waals surface area contributed by atoms with Crippen molar-refractivity contribution >= 4 is 15.9 Å². The van der Waals surface area contributed by atoms with Gasteiger partial charge in [0.05, 0.1) is 20.3 Å². The molecule has 19 heavy (non-hydrogen) atoms. The van der Waals surface area contributed by atoms with Crippen LogP contribution in [-0.2, 0) is 14.2 Å². The van der Waals surface area contributed by atoms with Crippen molar-refractivity contribution in [2.24, 2.45) is 0 Å². The molecule has 0 aromatic heterocycles. The molecule has 1 aliphatic heterocycles. The maximum Gasteiger partial charge on any atom is 0.265 e. The van der Waals surface area contributed by atoms with Gasteiger partial charge in [-0.15, -0.1) is 0 Å². The largest absolute Gasteiger partial charge is 0.497 e. The fourth-order valence-corrected chi connectivity index (χ4v) is 1.40. The Kier molecular flexibility index (Phi) is 8.13. The Morgan fingerprint density at radius 2 is 1.79 bits per heavy atom. The van der Waals surface area contributed by atoms with Crippen LogP contribution in [-0.4, -0.2) is 32.5 Å². The second-order valence-corrected chi connectivity index (χ2v) is 5.03. The molecular weight excluding hydrogens is 322 g/mol. The molecule has 1 heterocycles. The SMILES string of the molecule is C=C(/C=C(\C(=C)Br)C(F)F)OC.CC1(C)OCCO1. The van der Waals surface area contributed by atoms with E-state index in [2.05, 4.69) is 33.8 Å². The van der Waals surface area contributed by atoms with Gasteiger partial charge < -0.3 is 14.2 Å². The van der Waals surface area contributed by atoms with Crippen molar-refractivity contribution in [3.05, 3.63) is 35.0 Å². The van der Waals surface area contributed by atoms with Gasteiger partial charge >= 0.3 is 0 Å². The van der Waals surface area contributed by atoms with Gasteiger partial charge in [-0.3, -0.25) is 0 Å². The van der Waals surface area contributed by atoms with E-state index in [1.54, 1.807) is 0 Å². The summed E-state index contributed by atoms with van der Waals surface area (Å²) in [6, 6.07) is 0. The molecule has 0 amide bonds. The fourth-order valence-electron chi connectivity index (χ4n) is 1.11. The molecule has 0 bridgehead atoms. The normalized spacial score (nSPS) is 17.7. The molecular formula is C13H19BrF2O3. The summed E-state index contributed by atoms with van der Waals surface area (Å²) in [5.41, 5.74) is -0.221. The Hall–Kier alpha value is -0.720. The van der Waals surface area contributed by atoms with E-state index in [9.17, 15) is 8.78 Å². The van der Waals surface area contributed by atoms with Crippen molar-refractivity contribution in [2.75, 3.05) is 20.3 Å². The van der Waals surface area contributed by atoms with Gasteiger partial charge in [-0.1, -0.05) is 29.1 Å². The third kappa shape index (κ3) is 8.13. The third-order valence-corrected chi connectivity index (χ3v) is 2.57. The minimum atomic E-state index is -2.58. The van der Waals surface area contributed by atoms with Crippen LogP contribution in [0.2, 0.25) is 0 Å². The van der Waals surface area contributed by atoms with Crippen LogP contribution in [0.5, 0.6) is 0 Å². The second-order valence-electron chi connectivity index (χ2n) is 4.07. The number of methoxy groups -OCH3 is 1. The molecule has 0 spiro atoms. The van der Waals surface area contributed by atoms with Crippen LogP contribution in [0.4, 0.5) is 8.78 Å². The van der Waals surface area contributed by atoms with Crippen LogP contribution in [0.1, 0.15) is 13.8 Å². The molecule has 0 aromatic rings. The van der Waals surface area contributed by atoms with E-state index >= 15 is 0 Å². The van der Waals surface area contributed by atoms with Gasteiger partial charge in [-0.05, 0) is 19.9 Å². The van der Waals surface area contributed by atoms with E-state index in [1.807, 2.05) is 13.8 Å². The Morgan fingerprint density at radius 1 is 1.32 bits per heavy atom. The lowest BCUT2D eigenvalue weighted by molar-refractivity contribution is -0.125. The van der Waals surface area contributed by atoms with Crippen LogP contribution in [0.25, 0.3) is 0 Å². The first-order valence-corrected chi connectivity index (χ1v) is 6.34. The quantitative estimate of drug-likeness (QED) is 0.571. The van der Waals surface area contributed by atoms with E-state index < -0.39 is 6.43 Å². The van der Waals surface area contributed by atoms with Gasteiger partial charge in [0, 0.05) is 10.1 Å². The highest BCUT2D eigenvalue weighted by Gasteiger charge is 2.23. The molecule has 0 N–H and O–H groups in total. The second kappa shape index (κ2) is 8.45. The van der Waals surface area contributed by atoms with Gasteiger partial charge in [-0.25, -0.2) is 8.78 Å². The van der Waals surface area contributed by atoms with Gasteiger partial charge in [-0.2, -0.15) is 0 Å². The highest BCUT2D eigenvalue weighted by Crippen LogP contribution is 2.23. The maximum absolute atomic E-state index is 12.2. The molecule has 6 heteroatoms. The zero-order valence-electron chi connectivity index (χ0n) is 11.3. The molecule has 1 rings (SSSR count). The zero-order chi connectivity index (χ0) is 15.1. The Morgan fingerprint density at radius 3 is 2.00 bits per heavy atom. The van der Waals surface area contributed by atoms with E-state index in [1.165, 1.54) is 7.11 Å². The molecule has 3 nitrogen and oxygen atoms in total. The zero-order valence-corrected chi connectivity index (χ0v) is 12.9.